The van der Waals surface area contributed by atoms with Crippen molar-refractivity contribution in [2.45, 2.75) is 26.2 Å². The fraction of sp³-hybridized carbons (Fsp3) is 0.250. The number of hydrogen-bond donors (Lipinski definition) is 2. The van der Waals surface area contributed by atoms with Crippen molar-refractivity contribution in [1.82, 2.24) is 9.97 Å². The Morgan fingerprint density at radius 1 is 1.23 bits per heavy atom. The number of carbonyl (C=O) groups excluding carboxylic acids is 1. The molecule has 1 heterocycles. The molecule has 0 atom stereocenters. The van der Waals surface area contributed by atoms with Gasteiger partial charge in [-0.25, -0.2) is 4.98 Å². The number of nitrogens with one attached hydrogen (secondary N) is 2. The fourth-order valence-corrected chi connectivity index (χ4v) is 1.99. The molecule has 0 saturated carbocycles. The van der Waals surface area contributed by atoms with Crippen molar-refractivity contribution in [1.29, 1.82) is 10.5 Å². The van der Waals surface area contributed by atoms with Gasteiger partial charge in [-0.15, -0.1) is 0 Å². The summed E-state index contributed by atoms with van der Waals surface area (Å²) in [6.07, 6.45) is 1.91. The van der Waals surface area contributed by atoms with Crippen LogP contribution in [-0.4, -0.2) is 15.9 Å². The molecule has 0 radical (unpaired) electrons. The molecule has 0 bridgehead atoms. The van der Waals surface area contributed by atoms with E-state index in [1.54, 1.807) is 6.07 Å². The van der Waals surface area contributed by atoms with E-state index in [4.69, 9.17) is 10.5 Å². The topological polar surface area (TPSA) is 105 Å². The van der Waals surface area contributed by atoms with Crippen LogP contribution in [0.5, 0.6) is 0 Å². The van der Waals surface area contributed by atoms with Gasteiger partial charge in [-0.1, -0.05) is 31.2 Å². The summed E-state index contributed by atoms with van der Waals surface area (Å²) in [5.41, 5.74) is 2.37. The van der Waals surface area contributed by atoms with E-state index in [-0.39, 0.29) is 23.2 Å². The largest absolute Gasteiger partial charge is 0.314 e. The number of nitrogens with zero attached hydrogens (tertiary/aromatic N) is 3. The molecule has 6 heteroatoms. The number of hydrogen-bond acceptors (Lipinski definition) is 4. The average molecular weight is 293 g/mol. The molecule has 0 aliphatic carbocycles. The summed E-state index contributed by atoms with van der Waals surface area (Å²) < 4.78 is 0. The van der Waals surface area contributed by atoms with E-state index in [1.165, 1.54) is 5.56 Å². The minimum absolute atomic E-state index is 0.0204. The van der Waals surface area contributed by atoms with Gasteiger partial charge in [0.15, 0.2) is 11.4 Å². The maximum Gasteiger partial charge on any atom is 0.227 e. The van der Waals surface area contributed by atoms with Gasteiger partial charge in [0.2, 0.25) is 11.9 Å². The standard InChI is InChI=1S/C16H15N5O/c1-2-11-3-5-12(6-4-11)7-8-15(22)21-16-19-13(9-17)14(10-18)20-16/h3-6H,2,7-8H2,1H3,(H2,19,20,21,22). The lowest BCUT2D eigenvalue weighted by atomic mass is 10.1. The summed E-state index contributed by atoms with van der Waals surface area (Å²) in [5, 5.41) is 20.2. The summed E-state index contributed by atoms with van der Waals surface area (Å²) in [4.78, 5) is 18.3. The van der Waals surface area contributed by atoms with E-state index in [0.717, 1.165) is 12.0 Å². The van der Waals surface area contributed by atoms with Gasteiger partial charge in [0, 0.05) is 6.42 Å². The first-order valence-electron chi connectivity index (χ1n) is 6.94. The van der Waals surface area contributed by atoms with Crippen molar-refractivity contribution < 1.29 is 4.79 Å². The third-order valence-corrected chi connectivity index (χ3v) is 3.25. The number of amides is 1. The highest BCUT2D eigenvalue weighted by Crippen LogP contribution is 2.10. The third kappa shape index (κ3) is 3.71. The van der Waals surface area contributed by atoms with Gasteiger partial charge in [-0.05, 0) is 24.0 Å². The van der Waals surface area contributed by atoms with Crippen molar-refractivity contribution in [3.05, 3.63) is 46.8 Å². The second-order valence-electron chi connectivity index (χ2n) is 4.75. The van der Waals surface area contributed by atoms with E-state index in [9.17, 15) is 4.79 Å². The highest BCUT2D eigenvalue weighted by Gasteiger charge is 2.11. The molecule has 0 saturated heterocycles. The smallest absolute Gasteiger partial charge is 0.227 e. The molecule has 0 unspecified atom stereocenters. The molecule has 0 aliphatic rings. The minimum Gasteiger partial charge on any atom is -0.314 e. The number of imidazole rings is 1. The number of benzene rings is 1. The average Bonchev–Trinajstić information content (AvgIpc) is 2.95. The number of anilines is 1. The third-order valence-electron chi connectivity index (χ3n) is 3.25. The van der Waals surface area contributed by atoms with Crippen molar-refractivity contribution in [3.63, 3.8) is 0 Å². The molecule has 1 amide bonds. The normalized spacial score (nSPS) is 9.77. The quantitative estimate of drug-likeness (QED) is 0.882. The lowest BCUT2D eigenvalue weighted by molar-refractivity contribution is -0.116. The van der Waals surface area contributed by atoms with E-state index in [0.29, 0.717) is 12.8 Å². The van der Waals surface area contributed by atoms with Crippen LogP contribution in [0.2, 0.25) is 0 Å². The van der Waals surface area contributed by atoms with Crippen LogP contribution < -0.4 is 5.32 Å². The van der Waals surface area contributed by atoms with E-state index < -0.39 is 0 Å². The van der Waals surface area contributed by atoms with Crippen LogP contribution in [-0.2, 0) is 17.6 Å². The van der Waals surface area contributed by atoms with Crippen LogP contribution in [0, 0.1) is 22.7 Å². The zero-order valence-electron chi connectivity index (χ0n) is 12.2. The Morgan fingerprint density at radius 3 is 2.45 bits per heavy atom. The van der Waals surface area contributed by atoms with Crippen LogP contribution in [0.3, 0.4) is 0 Å². The van der Waals surface area contributed by atoms with Crippen LogP contribution >= 0.6 is 0 Å². The molecule has 6 nitrogen and oxygen atoms in total. The van der Waals surface area contributed by atoms with Gasteiger partial charge in [0.05, 0.1) is 0 Å². The highest BCUT2D eigenvalue weighted by molar-refractivity contribution is 5.89. The summed E-state index contributed by atoms with van der Waals surface area (Å²) in [5.74, 6) is -0.0956. The number of aryl methyl sites for hydroxylation is 2. The Balaban J connectivity index is 1.91. The lowest BCUT2D eigenvalue weighted by Crippen LogP contribution is -2.13. The van der Waals surface area contributed by atoms with Gasteiger partial charge >= 0.3 is 0 Å². The summed E-state index contributed by atoms with van der Waals surface area (Å²) in [7, 11) is 0. The van der Waals surface area contributed by atoms with Crippen LogP contribution in [0.4, 0.5) is 5.95 Å². The Morgan fingerprint density at radius 2 is 1.91 bits per heavy atom. The van der Waals surface area contributed by atoms with Crippen LogP contribution in [0.1, 0.15) is 35.9 Å². The monoisotopic (exact) mass is 293 g/mol. The number of carbonyl (C=O) groups is 1. The molecule has 2 N–H and O–H groups in total. The zero-order chi connectivity index (χ0) is 15.9. The molecule has 0 aliphatic heterocycles. The Bertz CT molecular complexity index is 715. The number of aromatic amines is 1. The molecule has 22 heavy (non-hydrogen) atoms. The Hall–Kier alpha value is -3.12. The predicted molar refractivity (Wildman–Crippen MR) is 80.8 cm³/mol. The Labute approximate surface area is 128 Å². The van der Waals surface area contributed by atoms with E-state index in [1.807, 2.05) is 18.2 Å². The van der Waals surface area contributed by atoms with Gasteiger partial charge < -0.3 is 4.98 Å². The van der Waals surface area contributed by atoms with Gasteiger partial charge in [-0.2, -0.15) is 10.5 Å². The molecule has 0 spiro atoms. The summed E-state index contributed by atoms with van der Waals surface area (Å²) >= 11 is 0. The molecule has 1 aromatic carbocycles. The molecular weight excluding hydrogens is 278 g/mol. The molecular formula is C16H15N5O. The molecule has 110 valence electrons. The highest BCUT2D eigenvalue weighted by atomic mass is 16.1. The second-order valence-corrected chi connectivity index (χ2v) is 4.75. The maximum atomic E-state index is 11.9. The fourth-order valence-electron chi connectivity index (χ4n) is 1.99. The van der Waals surface area contributed by atoms with Crippen molar-refractivity contribution in [2.24, 2.45) is 0 Å². The number of aromatic nitrogens is 2. The second kappa shape index (κ2) is 7.05. The van der Waals surface area contributed by atoms with Crippen molar-refractivity contribution in [2.75, 3.05) is 5.32 Å². The Kier molecular flexibility index (Phi) is 4.89. The number of rotatable bonds is 5. The molecule has 2 aromatic rings. The van der Waals surface area contributed by atoms with E-state index >= 15 is 0 Å². The molecule has 2 rings (SSSR count). The van der Waals surface area contributed by atoms with Crippen molar-refractivity contribution in [3.8, 4) is 12.1 Å². The number of nitriles is 2. The predicted octanol–water partition coefficient (Wildman–Crippen LogP) is 2.29. The zero-order valence-corrected chi connectivity index (χ0v) is 12.2. The summed E-state index contributed by atoms with van der Waals surface area (Å²) in [6.45, 7) is 2.09. The first-order valence-corrected chi connectivity index (χ1v) is 6.94. The lowest BCUT2D eigenvalue weighted by Gasteiger charge is -2.03. The summed E-state index contributed by atoms with van der Waals surface area (Å²) in [6, 6.07) is 11.7. The van der Waals surface area contributed by atoms with E-state index in [2.05, 4.69) is 34.3 Å². The number of H-pyrrole nitrogens is 1. The van der Waals surface area contributed by atoms with Crippen LogP contribution in [0.15, 0.2) is 24.3 Å². The molecule has 0 fully saturated rings. The SMILES string of the molecule is CCc1ccc(CCC(=O)Nc2nc(C#N)c(C#N)[nH]2)cc1. The first-order chi connectivity index (χ1) is 10.7. The van der Waals surface area contributed by atoms with Crippen LogP contribution in [0.25, 0.3) is 0 Å². The molecule has 1 aromatic heterocycles. The first kappa shape index (κ1) is 15.3. The minimum atomic E-state index is -0.220. The van der Waals surface area contributed by atoms with Crippen molar-refractivity contribution >= 4 is 11.9 Å². The van der Waals surface area contributed by atoms with Gasteiger partial charge in [0.25, 0.3) is 0 Å². The maximum absolute atomic E-state index is 11.9. The van der Waals surface area contributed by atoms with Gasteiger partial charge in [-0.3, -0.25) is 10.1 Å². The van der Waals surface area contributed by atoms with Gasteiger partial charge in [0.1, 0.15) is 12.1 Å².